The van der Waals surface area contributed by atoms with E-state index in [0.29, 0.717) is 0 Å². The Balaban J connectivity index is 0.000000317. The predicted octanol–water partition coefficient (Wildman–Crippen LogP) is 4.75. The Kier molecular flexibility index (Phi) is 10.9. The van der Waals surface area contributed by atoms with Crippen LogP contribution in [0.3, 0.4) is 0 Å². The van der Waals surface area contributed by atoms with Crippen molar-refractivity contribution in [2.24, 2.45) is 0 Å². The molecule has 5 rings (SSSR count). The third kappa shape index (κ3) is 8.93. The van der Waals surface area contributed by atoms with Crippen molar-refractivity contribution in [3.05, 3.63) is 72.4 Å². The summed E-state index contributed by atoms with van der Waals surface area (Å²) >= 11 is 0. The van der Waals surface area contributed by atoms with Crippen LogP contribution in [0.15, 0.2) is 65.6 Å². The van der Waals surface area contributed by atoms with Gasteiger partial charge in [-0.15, -0.1) is 5.10 Å². The normalized spacial score (nSPS) is 16.0. The molecule has 3 aromatic heterocycles. The van der Waals surface area contributed by atoms with Gasteiger partial charge in [-0.1, -0.05) is 29.5 Å². The molecule has 0 saturated carbocycles. The summed E-state index contributed by atoms with van der Waals surface area (Å²) in [6, 6.07) is 14.5. The smallest absolute Gasteiger partial charge is 0.490 e. The van der Waals surface area contributed by atoms with E-state index in [1.54, 1.807) is 13.4 Å². The number of pyridine rings is 1. The highest BCUT2D eigenvalue weighted by Crippen LogP contribution is 2.32. The van der Waals surface area contributed by atoms with Gasteiger partial charge in [0.2, 0.25) is 0 Å². The Hall–Kier alpha value is -4.64. The number of fused-ring (bicyclic) bond motifs is 1. The van der Waals surface area contributed by atoms with Crippen molar-refractivity contribution in [1.82, 2.24) is 24.6 Å². The summed E-state index contributed by atoms with van der Waals surface area (Å²) in [6.45, 7) is 3.80. The first kappa shape index (κ1) is 33.9. The van der Waals surface area contributed by atoms with E-state index in [-0.39, 0.29) is 6.04 Å². The standard InChI is InChI=1S/C23H25N5O2.2C2HF3O2/c1-26-10-11-27(13-17-9-12-30-16-17)15-21(26)23-20-8-7-18(14-28(20)25-24-23)19-5-3-4-6-22(19)29-2;2*3-2(4,5)1(6)7/h3-9,12,14,16,21H,10-11,13,15H2,1-2H3;2*(H,6,7). The number of ether oxygens (including phenoxy) is 1. The minimum atomic E-state index is -5.08. The first-order valence-electron chi connectivity index (χ1n) is 12.6. The van der Waals surface area contributed by atoms with Crippen LogP contribution in [0.25, 0.3) is 16.6 Å². The molecule has 1 aliphatic rings. The number of alkyl halides is 6. The van der Waals surface area contributed by atoms with Crippen LogP contribution in [0.2, 0.25) is 0 Å². The van der Waals surface area contributed by atoms with Gasteiger partial charge in [-0.25, -0.2) is 14.1 Å². The zero-order valence-electron chi connectivity index (χ0n) is 23.2. The number of carboxylic acids is 2. The second-order valence-electron chi connectivity index (χ2n) is 9.39. The zero-order chi connectivity index (χ0) is 32.7. The van der Waals surface area contributed by atoms with Crippen molar-refractivity contribution in [1.29, 1.82) is 0 Å². The molecule has 1 aromatic carbocycles. The molecule has 1 atom stereocenters. The van der Waals surface area contributed by atoms with Gasteiger partial charge in [-0.2, -0.15) is 26.3 Å². The molecule has 1 saturated heterocycles. The highest BCUT2D eigenvalue weighted by Gasteiger charge is 2.39. The summed E-state index contributed by atoms with van der Waals surface area (Å²) in [5.74, 6) is -4.67. The van der Waals surface area contributed by atoms with E-state index in [1.807, 2.05) is 41.2 Å². The van der Waals surface area contributed by atoms with Crippen LogP contribution >= 0.6 is 0 Å². The van der Waals surface area contributed by atoms with Crippen LogP contribution in [0, 0.1) is 0 Å². The molecule has 0 radical (unpaired) electrons. The first-order chi connectivity index (χ1) is 20.6. The number of carbonyl (C=O) groups is 2. The predicted molar refractivity (Wildman–Crippen MR) is 142 cm³/mol. The molecule has 4 aromatic rings. The minimum absolute atomic E-state index is 0.195. The number of hydrogen-bond donors (Lipinski definition) is 2. The lowest BCUT2D eigenvalue weighted by molar-refractivity contribution is -0.193. The quantitative estimate of drug-likeness (QED) is 0.297. The number of hydrogen-bond acceptors (Lipinski definition) is 8. The van der Waals surface area contributed by atoms with Crippen LogP contribution in [-0.2, 0) is 16.1 Å². The largest absolute Gasteiger partial charge is 0.496 e. The maximum absolute atomic E-state index is 10.6. The molecule has 238 valence electrons. The van der Waals surface area contributed by atoms with E-state index in [9.17, 15) is 26.3 Å². The number of aliphatic carboxylic acids is 2. The minimum Gasteiger partial charge on any atom is -0.496 e. The number of carboxylic acid groups (broad SMARTS) is 2. The lowest BCUT2D eigenvalue weighted by atomic mass is 10.0. The van der Waals surface area contributed by atoms with Crippen molar-refractivity contribution in [2.45, 2.75) is 24.9 Å². The number of nitrogens with zero attached hydrogens (tertiary/aromatic N) is 5. The second-order valence-corrected chi connectivity index (χ2v) is 9.39. The number of aromatic nitrogens is 3. The number of piperazine rings is 1. The molecule has 0 bridgehead atoms. The lowest BCUT2D eigenvalue weighted by Gasteiger charge is -2.38. The summed E-state index contributed by atoms with van der Waals surface area (Å²) in [5, 5.41) is 23.3. The van der Waals surface area contributed by atoms with Crippen molar-refractivity contribution in [2.75, 3.05) is 33.8 Å². The van der Waals surface area contributed by atoms with E-state index in [2.05, 4.69) is 45.4 Å². The fourth-order valence-corrected chi connectivity index (χ4v) is 4.20. The number of likely N-dealkylation sites (N-methyl/N-ethyl adjacent to an activating group) is 1. The number of halogens is 6. The Bertz CT molecular complexity index is 1520. The van der Waals surface area contributed by atoms with Crippen molar-refractivity contribution < 1.29 is 55.3 Å². The molecule has 0 aliphatic carbocycles. The highest BCUT2D eigenvalue weighted by atomic mass is 19.4. The van der Waals surface area contributed by atoms with Gasteiger partial charge in [-0.05, 0) is 25.2 Å². The number of rotatable bonds is 5. The van der Waals surface area contributed by atoms with E-state index in [0.717, 1.165) is 54.3 Å². The number of methoxy groups -OCH3 is 1. The molecule has 2 N–H and O–H groups in total. The molecule has 0 spiro atoms. The fraction of sp³-hybridized carbons (Fsp3) is 0.333. The Labute approximate surface area is 245 Å². The molecule has 17 heteroatoms. The summed E-state index contributed by atoms with van der Waals surface area (Å²) in [5.41, 5.74) is 5.35. The highest BCUT2D eigenvalue weighted by molar-refractivity contribution is 5.73. The maximum Gasteiger partial charge on any atom is 0.490 e. The third-order valence-corrected chi connectivity index (χ3v) is 6.38. The average Bonchev–Trinajstić information content (AvgIpc) is 3.63. The topological polar surface area (TPSA) is 134 Å². The molecule has 44 heavy (non-hydrogen) atoms. The number of para-hydroxylation sites is 1. The van der Waals surface area contributed by atoms with E-state index >= 15 is 0 Å². The van der Waals surface area contributed by atoms with E-state index < -0.39 is 24.3 Å². The van der Waals surface area contributed by atoms with Gasteiger partial charge in [0.15, 0.2) is 0 Å². The zero-order valence-corrected chi connectivity index (χ0v) is 23.2. The van der Waals surface area contributed by atoms with Gasteiger partial charge in [0.25, 0.3) is 0 Å². The molecule has 11 nitrogen and oxygen atoms in total. The molecule has 1 unspecified atom stereocenters. The van der Waals surface area contributed by atoms with Crippen LogP contribution in [0.4, 0.5) is 26.3 Å². The maximum atomic E-state index is 10.6. The lowest BCUT2D eigenvalue weighted by Crippen LogP contribution is -2.46. The molecule has 1 aliphatic heterocycles. The fourth-order valence-electron chi connectivity index (χ4n) is 4.20. The Morgan fingerprint density at radius 2 is 1.64 bits per heavy atom. The summed E-state index contributed by atoms with van der Waals surface area (Å²) in [6.07, 6.45) is -4.59. The van der Waals surface area contributed by atoms with Gasteiger partial charge >= 0.3 is 24.3 Å². The molecule has 0 amide bonds. The van der Waals surface area contributed by atoms with E-state index in [4.69, 9.17) is 29.0 Å². The SMILES string of the molecule is COc1ccccc1-c1ccc2c(C3CN(Cc4ccoc4)CCN3C)nnn2c1.O=C(O)C(F)(F)F.O=C(O)C(F)(F)F. The van der Waals surface area contributed by atoms with Gasteiger partial charge in [0, 0.05) is 49.1 Å². The molecular formula is C27H27F6N5O6. The number of benzene rings is 1. The van der Waals surface area contributed by atoms with Crippen LogP contribution < -0.4 is 4.74 Å². The monoisotopic (exact) mass is 631 g/mol. The Morgan fingerprint density at radius 3 is 2.20 bits per heavy atom. The van der Waals surface area contributed by atoms with Crippen molar-refractivity contribution >= 4 is 17.5 Å². The number of furan rings is 1. The van der Waals surface area contributed by atoms with Crippen LogP contribution in [0.5, 0.6) is 5.75 Å². The summed E-state index contributed by atoms with van der Waals surface area (Å²) in [4.78, 5) is 22.6. The van der Waals surface area contributed by atoms with Crippen LogP contribution in [-0.4, -0.2) is 92.9 Å². The van der Waals surface area contributed by atoms with Gasteiger partial charge in [-0.3, -0.25) is 9.80 Å². The summed E-state index contributed by atoms with van der Waals surface area (Å²) < 4.78 is 76.1. The van der Waals surface area contributed by atoms with Crippen molar-refractivity contribution in [3.63, 3.8) is 0 Å². The average molecular weight is 632 g/mol. The molecule has 4 heterocycles. The second kappa shape index (κ2) is 14.2. The van der Waals surface area contributed by atoms with Crippen LogP contribution in [0.1, 0.15) is 17.3 Å². The van der Waals surface area contributed by atoms with Gasteiger partial charge in [0.1, 0.15) is 11.4 Å². The summed E-state index contributed by atoms with van der Waals surface area (Å²) in [7, 11) is 3.85. The van der Waals surface area contributed by atoms with Gasteiger partial charge < -0.3 is 19.4 Å². The van der Waals surface area contributed by atoms with Gasteiger partial charge in [0.05, 0.1) is 31.2 Å². The molecule has 1 fully saturated rings. The van der Waals surface area contributed by atoms with E-state index in [1.165, 1.54) is 5.56 Å². The first-order valence-corrected chi connectivity index (χ1v) is 12.6. The molecular weight excluding hydrogens is 604 g/mol. The third-order valence-electron chi connectivity index (χ3n) is 6.38. The van der Waals surface area contributed by atoms with Crippen molar-refractivity contribution in [3.8, 4) is 16.9 Å². The Morgan fingerprint density at radius 1 is 1.00 bits per heavy atom.